The smallest absolute Gasteiger partial charge is 0.347 e. The summed E-state index contributed by atoms with van der Waals surface area (Å²) in [6, 6.07) is 6.99. The Morgan fingerprint density at radius 1 is 1.33 bits per heavy atom. The van der Waals surface area contributed by atoms with Gasteiger partial charge in [-0.25, -0.2) is 14.6 Å². The minimum atomic E-state index is -0.988. The van der Waals surface area contributed by atoms with Crippen LogP contribution in [0.5, 0.6) is 0 Å². The number of aromatic carboxylic acids is 1. The van der Waals surface area contributed by atoms with Crippen LogP contribution in [0.1, 0.15) is 43.2 Å². The zero-order chi connectivity index (χ0) is 15.4. The number of hydrogen-bond acceptors (Lipinski definition) is 5. The number of carbonyl (C=O) groups is 2. The Morgan fingerprint density at radius 2 is 2.05 bits per heavy atom. The highest BCUT2D eigenvalue weighted by Gasteiger charge is 2.19. The number of ether oxygens (including phenoxy) is 1. The third-order valence-corrected chi connectivity index (χ3v) is 4.25. The molecule has 0 aliphatic rings. The van der Waals surface area contributed by atoms with E-state index in [4.69, 9.17) is 4.74 Å². The number of thiazole rings is 1. The molecule has 0 saturated heterocycles. The van der Waals surface area contributed by atoms with Crippen molar-refractivity contribution < 1.29 is 19.4 Å². The van der Waals surface area contributed by atoms with Crippen LogP contribution in [0.3, 0.4) is 0 Å². The molecule has 0 amide bonds. The lowest BCUT2D eigenvalue weighted by molar-refractivity contribution is 0.0599. The molecule has 0 unspecified atom stereocenters. The molecule has 0 fully saturated rings. The first kappa shape index (κ1) is 15.2. The predicted molar refractivity (Wildman–Crippen MR) is 79.0 cm³/mol. The van der Waals surface area contributed by atoms with Crippen LogP contribution in [-0.2, 0) is 17.6 Å². The fourth-order valence-electron chi connectivity index (χ4n) is 2.00. The van der Waals surface area contributed by atoms with Gasteiger partial charge in [0, 0.05) is 6.42 Å². The standard InChI is InChI=1S/C15H15NO4S/c1-3-12-16-11(13(21-12)14(17)18)8-9-6-4-5-7-10(9)15(19)20-2/h4-7H,3,8H2,1-2H3,(H,17,18). The molecule has 110 valence electrons. The molecule has 6 heteroatoms. The van der Waals surface area contributed by atoms with Crippen LogP contribution in [0.25, 0.3) is 0 Å². The number of aromatic nitrogens is 1. The second kappa shape index (κ2) is 6.49. The highest BCUT2D eigenvalue weighted by atomic mass is 32.1. The number of carboxylic acid groups (broad SMARTS) is 1. The molecule has 0 saturated carbocycles. The summed E-state index contributed by atoms with van der Waals surface area (Å²) in [5.74, 6) is -1.42. The van der Waals surface area contributed by atoms with Crippen molar-refractivity contribution in [3.05, 3.63) is 51.0 Å². The van der Waals surface area contributed by atoms with Crippen molar-refractivity contribution in [3.8, 4) is 0 Å². The molecule has 0 atom stereocenters. The van der Waals surface area contributed by atoms with Gasteiger partial charge < -0.3 is 9.84 Å². The van der Waals surface area contributed by atoms with E-state index in [1.165, 1.54) is 18.4 Å². The van der Waals surface area contributed by atoms with E-state index in [1.54, 1.807) is 24.3 Å². The molecule has 0 bridgehead atoms. The van der Waals surface area contributed by atoms with E-state index >= 15 is 0 Å². The average molecular weight is 305 g/mol. The molecule has 0 aliphatic carbocycles. The van der Waals surface area contributed by atoms with E-state index in [-0.39, 0.29) is 4.88 Å². The van der Waals surface area contributed by atoms with E-state index in [0.717, 1.165) is 5.01 Å². The topological polar surface area (TPSA) is 76.5 Å². The van der Waals surface area contributed by atoms with Crippen molar-refractivity contribution in [3.63, 3.8) is 0 Å². The molecule has 0 aliphatic heterocycles. The molecule has 2 rings (SSSR count). The quantitative estimate of drug-likeness (QED) is 0.860. The molecular weight excluding hydrogens is 290 g/mol. The summed E-state index contributed by atoms with van der Waals surface area (Å²) in [5, 5.41) is 10.0. The van der Waals surface area contributed by atoms with Gasteiger partial charge in [0.05, 0.1) is 23.4 Å². The highest BCUT2D eigenvalue weighted by Crippen LogP contribution is 2.23. The summed E-state index contributed by atoms with van der Waals surface area (Å²) in [4.78, 5) is 27.6. The SMILES string of the molecule is CCc1nc(Cc2ccccc2C(=O)OC)c(C(=O)O)s1. The summed E-state index contributed by atoms with van der Waals surface area (Å²) in [5.41, 5.74) is 1.63. The lowest BCUT2D eigenvalue weighted by Gasteiger charge is -2.06. The zero-order valence-corrected chi connectivity index (χ0v) is 12.6. The maximum absolute atomic E-state index is 11.7. The van der Waals surface area contributed by atoms with Crippen molar-refractivity contribution in [1.82, 2.24) is 4.98 Å². The molecule has 1 heterocycles. The van der Waals surface area contributed by atoms with E-state index in [1.807, 2.05) is 6.92 Å². The molecule has 5 nitrogen and oxygen atoms in total. The first-order chi connectivity index (χ1) is 10.1. The fraction of sp³-hybridized carbons (Fsp3) is 0.267. The minimum Gasteiger partial charge on any atom is -0.477 e. The summed E-state index contributed by atoms with van der Waals surface area (Å²) in [6.45, 7) is 1.93. The van der Waals surface area contributed by atoms with Crippen LogP contribution >= 0.6 is 11.3 Å². The number of carbonyl (C=O) groups excluding carboxylic acids is 1. The lowest BCUT2D eigenvalue weighted by atomic mass is 10.0. The largest absolute Gasteiger partial charge is 0.477 e. The summed E-state index contributed by atoms with van der Waals surface area (Å²) >= 11 is 1.18. The van der Waals surface area contributed by atoms with Crippen LogP contribution in [0.4, 0.5) is 0 Å². The molecule has 1 aromatic carbocycles. The van der Waals surface area contributed by atoms with Gasteiger partial charge in [-0.3, -0.25) is 0 Å². The van der Waals surface area contributed by atoms with Crippen molar-refractivity contribution >= 4 is 23.3 Å². The molecule has 0 spiro atoms. The van der Waals surface area contributed by atoms with Gasteiger partial charge in [-0.1, -0.05) is 25.1 Å². The summed E-state index contributed by atoms with van der Waals surface area (Å²) in [6.07, 6.45) is 0.979. The minimum absolute atomic E-state index is 0.228. The van der Waals surface area contributed by atoms with E-state index in [2.05, 4.69) is 4.98 Å². The number of nitrogens with zero attached hydrogens (tertiary/aromatic N) is 1. The van der Waals surface area contributed by atoms with Gasteiger partial charge in [-0.05, 0) is 18.1 Å². The Labute approximate surface area is 126 Å². The monoisotopic (exact) mass is 305 g/mol. The van der Waals surface area contributed by atoms with E-state index < -0.39 is 11.9 Å². The van der Waals surface area contributed by atoms with E-state index in [9.17, 15) is 14.7 Å². The number of hydrogen-bond donors (Lipinski definition) is 1. The van der Waals surface area contributed by atoms with Crippen LogP contribution in [0, 0.1) is 0 Å². The Bertz CT molecular complexity index is 678. The third-order valence-electron chi connectivity index (χ3n) is 3.02. The van der Waals surface area contributed by atoms with Gasteiger partial charge in [0.2, 0.25) is 0 Å². The summed E-state index contributed by atoms with van der Waals surface area (Å²) < 4.78 is 4.75. The molecule has 1 N–H and O–H groups in total. The Hall–Kier alpha value is -2.21. The van der Waals surface area contributed by atoms with Gasteiger partial charge in [-0.2, -0.15) is 0 Å². The highest BCUT2D eigenvalue weighted by molar-refractivity contribution is 7.13. The number of aryl methyl sites for hydroxylation is 1. The van der Waals surface area contributed by atoms with Crippen LogP contribution in [-0.4, -0.2) is 29.1 Å². The predicted octanol–water partition coefficient (Wildman–Crippen LogP) is 2.78. The van der Waals surface area contributed by atoms with Crippen molar-refractivity contribution in [2.45, 2.75) is 19.8 Å². The van der Waals surface area contributed by atoms with Crippen molar-refractivity contribution in [1.29, 1.82) is 0 Å². The Balaban J connectivity index is 2.41. The molecular formula is C15H15NO4S. The van der Waals surface area contributed by atoms with Crippen molar-refractivity contribution in [2.24, 2.45) is 0 Å². The molecule has 0 radical (unpaired) electrons. The maximum atomic E-state index is 11.7. The second-order valence-corrected chi connectivity index (χ2v) is 5.45. The first-order valence-electron chi connectivity index (χ1n) is 6.44. The summed E-state index contributed by atoms with van der Waals surface area (Å²) in [7, 11) is 1.32. The maximum Gasteiger partial charge on any atom is 0.347 e. The number of methoxy groups -OCH3 is 1. The normalized spacial score (nSPS) is 10.4. The number of benzene rings is 1. The zero-order valence-electron chi connectivity index (χ0n) is 11.8. The van der Waals surface area contributed by atoms with Crippen LogP contribution < -0.4 is 0 Å². The molecule has 1 aromatic heterocycles. The molecule has 2 aromatic rings. The Morgan fingerprint density at radius 3 is 2.67 bits per heavy atom. The number of rotatable bonds is 5. The van der Waals surface area contributed by atoms with Gasteiger partial charge in [0.25, 0.3) is 0 Å². The van der Waals surface area contributed by atoms with Gasteiger partial charge in [0.1, 0.15) is 4.88 Å². The van der Waals surface area contributed by atoms with Gasteiger partial charge in [0.15, 0.2) is 0 Å². The fourth-order valence-corrected chi connectivity index (χ4v) is 2.86. The van der Waals surface area contributed by atoms with Crippen molar-refractivity contribution in [2.75, 3.05) is 7.11 Å². The second-order valence-electron chi connectivity index (χ2n) is 4.37. The number of carboxylic acids is 1. The van der Waals surface area contributed by atoms with Gasteiger partial charge in [-0.15, -0.1) is 11.3 Å². The third kappa shape index (κ3) is 3.28. The molecule has 21 heavy (non-hydrogen) atoms. The van der Waals surface area contributed by atoms with Gasteiger partial charge >= 0.3 is 11.9 Å². The first-order valence-corrected chi connectivity index (χ1v) is 7.26. The Kier molecular flexibility index (Phi) is 4.70. The van der Waals surface area contributed by atoms with E-state index in [0.29, 0.717) is 29.7 Å². The number of esters is 1. The average Bonchev–Trinajstić information content (AvgIpc) is 2.90. The lowest BCUT2D eigenvalue weighted by Crippen LogP contribution is -2.07. The van der Waals surface area contributed by atoms with Crippen LogP contribution in [0.2, 0.25) is 0 Å². The van der Waals surface area contributed by atoms with Crippen LogP contribution in [0.15, 0.2) is 24.3 Å².